The SMILES string of the molecule is CCNCc1cc(COCC)c(C)s1. The molecular weight excluding hydrogens is 194 g/mol. The van der Waals surface area contributed by atoms with Crippen molar-refractivity contribution in [1.82, 2.24) is 5.32 Å². The van der Waals surface area contributed by atoms with Gasteiger partial charge < -0.3 is 10.1 Å². The first-order valence-corrected chi connectivity index (χ1v) is 5.96. The van der Waals surface area contributed by atoms with Gasteiger partial charge in [-0.2, -0.15) is 0 Å². The van der Waals surface area contributed by atoms with Crippen molar-refractivity contribution in [1.29, 1.82) is 0 Å². The van der Waals surface area contributed by atoms with E-state index in [2.05, 4.69) is 25.2 Å². The quantitative estimate of drug-likeness (QED) is 0.784. The molecule has 0 unspecified atom stereocenters. The molecule has 14 heavy (non-hydrogen) atoms. The lowest BCUT2D eigenvalue weighted by Crippen LogP contribution is -2.10. The zero-order valence-corrected chi connectivity index (χ0v) is 10.0. The first kappa shape index (κ1) is 11.7. The Morgan fingerprint density at radius 1 is 1.43 bits per heavy atom. The van der Waals surface area contributed by atoms with E-state index in [1.54, 1.807) is 0 Å². The summed E-state index contributed by atoms with van der Waals surface area (Å²) in [6.45, 7) is 9.87. The number of aryl methyl sites for hydroxylation is 1. The lowest BCUT2D eigenvalue weighted by molar-refractivity contribution is 0.134. The third-order valence-electron chi connectivity index (χ3n) is 2.08. The van der Waals surface area contributed by atoms with E-state index in [0.29, 0.717) is 0 Å². The standard InChI is InChI=1S/C11H19NOS/c1-4-12-7-11-6-10(8-13-5-2)9(3)14-11/h6,12H,4-5,7-8H2,1-3H3. The Labute approximate surface area is 90.3 Å². The lowest BCUT2D eigenvalue weighted by atomic mass is 10.2. The Balaban J connectivity index is 2.53. The van der Waals surface area contributed by atoms with Crippen LogP contribution in [0.5, 0.6) is 0 Å². The van der Waals surface area contributed by atoms with Gasteiger partial charge in [0.15, 0.2) is 0 Å². The van der Waals surface area contributed by atoms with Crippen LogP contribution in [0.2, 0.25) is 0 Å². The fourth-order valence-corrected chi connectivity index (χ4v) is 2.30. The van der Waals surface area contributed by atoms with Gasteiger partial charge in [-0.25, -0.2) is 0 Å². The molecule has 80 valence electrons. The van der Waals surface area contributed by atoms with Crippen molar-refractivity contribution >= 4 is 11.3 Å². The van der Waals surface area contributed by atoms with Gasteiger partial charge in [0.05, 0.1) is 6.61 Å². The molecule has 0 amide bonds. The van der Waals surface area contributed by atoms with E-state index in [0.717, 1.165) is 26.3 Å². The van der Waals surface area contributed by atoms with Gasteiger partial charge in [-0.1, -0.05) is 6.92 Å². The predicted molar refractivity (Wildman–Crippen MR) is 61.8 cm³/mol. The van der Waals surface area contributed by atoms with Crippen molar-refractivity contribution < 1.29 is 4.74 Å². The Morgan fingerprint density at radius 3 is 2.86 bits per heavy atom. The first-order valence-electron chi connectivity index (χ1n) is 5.14. The summed E-state index contributed by atoms with van der Waals surface area (Å²) < 4.78 is 5.40. The van der Waals surface area contributed by atoms with Crippen LogP contribution < -0.4 is 5.32 Å². The van der Waals surface area contributed by atoms with E-state index in [1.165, 1.54) is 15.3 Å². The molecule has 0 saturated carbocycles. The molecule has 1 N–H and O–H groups in total. The van der Waals surface area contributed by atoms with Crippen LogP contribution in [-0.2, 0) is 17.9 Å². The molecule has 1 aromatic heterocycles. The van der Waals surface area contributed by atoms with Gasteiger partial charge in [0.1, 0.15) is 0 Å². The highest BCUT2D eigenvalue weighted by molar-refractivity contribution is 7.12. The molecule has 0 aliphatic heterocycles. The topological polar surface area (TPSA) is 21.3 Å². The van der Waals surface area contributed by atoms with Gasteiger partial charge in [-0.3, -0.25) is 0 Å². The highest BCUT2D eigenvalue weighted by Gasteiger charge is 2.04. The normalized spacial score (nSPS) is 10.8. The van der Waals surface area contributed by atoms with Crippen LogP contribution in [0.15, 0.2) is 6.07 Å². The fourth-order valence-electron chi connectivity index (χ4n) is 1.28. The maximum atomic E-state index is 5.40. The molecule has 3 heteroatoms. The largest absolute Gasteiger partial charge is 0.377 e. The second-order valence-electron chi connectivity index (χ2n) is 3.21. The van der Waals surface area contributed by atoms with Gasteiger partial charge >= 0.3 is 0 Å². The second-order valence-corrected chi connectivity index (χ2v) is 4.55. The second kappa shape index (κ2) is 6.17. The van der Waals surface area contributed by atoms with Gasteiger partial charge in [0, 0.05) is 22.9 Å². The van der Waals surface area contributed by atoms with Crippen molar-refractivity contribution in [2.24, 2.45) is 0 Å². The molecule has 0 saturated heterocycles. The van der Waals surface area contributed by atoms with Gasteiger partial charge in [-0.05, 0) is 32.0 Å². The van der Waals surface area contributed by atoms with E-state index in [9.17, 15) is 0 Å². The number of nitrogens with one attached hydrogen (secondary N) is 1. The van der Waals surface area contributed by atoms with Crippen LogP contribution in [0.25, 0.3) is 0 Å². The number of hydrogen-bond acceptors (Lipinski definition) is 3. The van der Waals surface area contributed by atoms with E-state index < -0.39 is 0 Å². The van der Waals surface area contributed by atoms with Crippen LogP contribution >= 0.6 is 11.3 Å². The van der Waals surface area contributed by atoms with Crippen molar-refractivity contribution in [2.75, 3.05) is 13.2 Å². The van der Waals surface area contributed by atoms with Crippen molar-refractivity contribution in [3.63, 3.8) is 0 Å². The molecule has 0 aliphatic rings. The number of rotatable bonds is 6. The summed E-state index contributed by atoms with van der Waals surface area (Å²) in [6.07, 6.45) is 0. The Kier molecular flexibility index (Phi) is 5.15. The van der Waals surface area contributed by atoms with E-state index >= 15 is 0 Å². The zero-order valence-electron chi connectivity index (χ0n) is 9.22. The summed E-state index contributed by atoms with van der Waals surface area (Å²) in [7, 11) is 0. The monoisotopic (exact) mass is 213 g/mol. The minimum atomic E-state index is 0.755. The van der Waals surface area contributed by atoms with Crippen LogP contribution in [0.4, 0.5) is 0 Å². The van der Waals surface area contributed by atoms with E-state index in [-0.39, 0.29) is 0 Å². The molecule has 2 nitrogen and oxygen atoms in total. The van der Waals surface area contributed by atoms with Gasteiger partial charge in [-0.15, -0.1) is 11.3 Å². The Morgan fingerprint density at radius 2 is 2.21 bits per heavy atom. The Bertz CT molecular complexity index is 270. The van der Waals surface area contributed by atoms with Gasteiger partial charge in [0.25, 0.3) is 0 Å². The molecule has 1 aromatic rings. The third kappa shape index (κ3) is 3.40. The molecule has 0 aromatic carbocycles. The van der Waals surface area contributed by atoms with Crippen LogP contribution in [-0.4, -0.2) is 13.2 Å². The first-order chi connectivity index (χ1) is 6.77. The number of ether oxygens (including phenoxy) is 1. The van der Waals surface area contributed by atoms with Crippen LogP contribution in [0.1, 0.15) is 29.2 Å². The lowest BCUT2D eigenvalue weighted by Gasteiger charge is -1.98. The number of hydrogen-bond donors (Lipinski definition) is 1. The van der Waals surface area contributed by atoms with Crippen molar-refractivity contribution in [3.05, 3.63) is 21.4 Å². The summed E-state index contributed by atoms with van der Waals surface area (Å²) >= 11 is 1.86. The third-order valence-corrected chi connectivity index (χ3v) is 3.18. The Hall–Kier alpha value is -0.380. The minimum absolute atomic E-state index is 0.755. The minimum Gasteiger partial charge on any atom is -0.377 e. The smallest absolute Gasteiger partial charge is 0.0727 e. The van der Waals surface area contributed by atoms with Crippen LogP contribution in [0, 0.1) is 6.92 Å². The molecule has 0 aliphatic carbocycles. The van der Waals surface area contributed by atoms with Crippen LogP contribution in [0.3, 0.4) is 0 Å². The number of thiophene rings is 1. The molecule has 0 bridgehead atoms. The summed E-state index contributed by atoms with van der Waals surface area (Å²) in [5, 5.41) is 3.33. The summed E-state index contributed by atoms with van der Waals surface area (Å²) in [5.41, 5.74) is 1.34. The van der Waals surface area contributed by atoms with E-state index in [1.807, 2.05) is 18.3 Å². The van der Waals surface area contributed by atoms with Gasteiger partial charge in [0.2, 0.25) is 0 Å². The zero-order chi connectivity index (χ0) is 10.4. The summed E-state index contributed by atoms with van der Waals surface area (Å²) in [5.74, 6) is 0. The molecular formula is C11H19NOS. The molecule has 0 radical (unpaired) electrons. The average Bonchev–Trinajstić information content (AvgIpc) is 2.53. The maximum absolute atomic E-state index is 5.40. The molecule has 0 fully saturated rings. The van der Waals surface area contributed by atoms with E-state index in [4.69, 9.17) is 4.74 Å². The molecule has 0 spiro atoms. The predicted octanol–water partition coefficient (Wildman–Crippen LogP) is 2.70. The molecule has 1 heterocycles. The highest BCUT2D eigenvalue weighted by Crippen LogP contribution is 2.22. The van der Waals surface area contributed by atoms with Crippen molar-refractivity contribution in [2.45, 2.75) is 33.9 Å². The maximum Gasteiger partial charge on any atom is 0.0727 e. The molecule has 1 rings (SSSR count). The highest BCUT2D eigenvalue weighted by atomic mass is 32.1. The fraction of sp³-hybridized carbons (Fsp3) is 0.636. The molecule has 0 atom stereocenters. The summed E-state index contributed by atoms with van der Waals surface area (Å²) in [6, 6.07) is 2.25. The summed E-state index contributed by atoms with van der Waals surface area (Å²) in [4.78, 5) is 2.78. The average molecular weight is 213 g/mol. The van der Waals surface area contributed by atoms with Crippen molar-refractivity contribution in [3.8, 4) is 0 Å².